The van der Waals surface area contributed by atoms with E-state index in [4.69, 9.17) is 0 Å². The molecular formula is C11H14S. The summed E-state index contributed by atoms with van der Waals surface area (Å²) in [5.41, 5.74) is 1.49. The van der Waals surface area contributed by atoms with Gasteiger partial charge in [0, 0.05) is 11.0 Å². The number of rotatable bonds is 4. The summed E-state index contributed by atoms with van der Waals surface area (Å²) >= 11 is 2.10. The van der Waals surface area contributed by atoms with E-state index in [0.717, 1.165) is 5.25 Å². The molecule has 2 rings (SSSR count). The fourth-order valence-electron chi connectivity index (χ4n) is 1.41. The fraction of sp³-hybridized carbons (Fsp3) is 0.455. The highest BCUT2D eigenvalue weighted by Crippen LogP contribution is 2.34. The van der Waals surface area contributed by atoms with Crippen molar-refractivity contribution < 1.29 is 0 Å². The number of benzene rings is 1. The maximum atomic E-state index is 2.22. The molecule has 12 heavy (non-hydrogen) atoms. The molecule has 0 spiro atoms. The van der Waals surface area contributed by atoms with Gasteiger partial charge in [-0.1, -0.05) is 30.3 Å². The summed E-state index contributed by atoms with van der Waals surface area (Å²) < 4.78 is 0. The molecule has 1 saturated heterocycles. The lowest BCUT2D eigenvalue weighted by Gasteiger charge is -1.98. The molecule has 1 fully saturated rings. The van der Waals surface area contributed by atoms with E-state index in [1.807, 2.05) is 0 Å². The van der Waals surface area contributed by atoms with E-state index in [1.165, 1.54) is 30.6 Å². The zero-order valence-electron chi connectivity index (χ0n) is 7.20. The zero-order valence-corrected chi connectivity index (χ0v) is 8.02. The standard InChI is InChI=1S/C11H14S/c1-2-5-10(6-3-1)7-4-8-11-9-12-11/h1-3,5-6,11H,4,7-9H2. The number of hydrogen-bond donors (Lipinski definition) is 0. The second kappa shape index (κ2) is 3.99. The van der Waals surface area contributed by atoms with E-state index >= 15 is 0 Å². The van der Waals surface area contributed by atoms with Crippen LogP contribution in [0.4, 0.5) is 0 Å². The van der Waals surface area contributed by atoms with Gasteiger partial charge in [0.05, 0.1) is 0 Å². The van der Waals surface area contributed by atoms with E-state index in [-0.39, 0.29) is 0 Å². The lowest BCUT2D eigenvalue weighted by molar-refractivity contribution is 0.759. The second-order valence-electron chi connectivity index (χ2n) is 3.33. The van der Waals surface area contributed by atoms with Crippen molar-refractivity contribution in [2.45, 2.75) is 24.5 Å². The van der Waals surface area contributed by atoms with Crippen molar-refractivity contribution in [2.24, 2.45) is 0 Å². The molecular weight excluding hydrogens is 164 g/mol. The molecule has 0 N–H and O–H groups in total. The van der Waals surface area contributed by atoms with Crippen molar-refractivity contribution in [3.8, 4) is 0 Å². The average molecular weight is 178 g/mol. The monoisotopic (exact) mass is 178 g/mol. The molecule has 1 unspecified atom stereocenters. The van der Waals surface area contributed by atoms with E-state index in [1.54, 1.807) is 0 Å². The first kappa shape index (κ1) is 8.18. The van der Waals surface area contributed by atoms with Crippen LogP contribution >= 0.6 is 11.8 Å². The van der Waals surface area contributed by atoms with Crippen LogP contribution in [0.15, 0.2) is 30.3 Å². The van der Waals surface area contributed by atoms with Crippen molar-refractivity contribution in [3.05, 3.63) is 35.9 Å². The van der Waals surface area contributed by atoms with Crippen LogP contribution in [0.5, 0.6) is 0 Å². The SMILES string of the molecule is c1ccc(CCCC2CS2)cc1. The molecule has 0 nitrogen and oxygen atoms in total. The van der Waals surface area contributed by atoms with Crippen LogP contribution in [-0.2, 0) is 6.42 Å². The molecule has 0 aliphatic carbocycles. The van der Waals surface area contributed by atoms with E-state index in [2.05, 4.69) is 42.1 Å². The number of aryl methyl sites for hydroxylation is 1. The summed E-state index contributed by atoms with van der Waals surface area (Å²) in [5, 5.41) is 1.01. The summed E-state index contributed by atoms with van der Waals surface area (Å²) in [6.45, 7) is 0. The summed E-state index contributed by atoms with van der Waals surface area (Å²) in [6.07, 6.45) is 4.04. The van der Waals surface area contributed by atoms with Crippen LogP contribution in [0.25, 0.3) is 0 Å². The molecule has 0 aromatic heterocycles. The van der Waals surface area contributed by atoms with Crippen LogP contribution in [0.1, 0.15) is 18.4 Å². The topological polar surface area (TPSA) is 0 Å². The lowest BCUT2D eigenvalue weighted by atomic mass is 10.1. The van der Waals surface area contributed by atoms with Gasteiger partial charge in [0.1, 0.15) is 0 Å². The minimum absolute atomic E-state index is 1.01. The Hall–Kier alpha value is -0.430. The highest BCUT2D eigenvalue weighted by atomic mass is 32.2. The zero-order chi connectivity index (χ0) is 8.23. The van der Waals surface area contributed by atoms with E-state index in [9.17, 15) is 0 Å². The van der Waals surface area contributed by atoms with E-state index < -0.39 is 0 Å². The molecule has 1 aromatic carbocycles. The quantitative estimate of drug-likeness (QED) is 0.638. The molecule has 1 aliphatic rings. The van der Waals surface area contributed by atoms with Crippen LogP contribution < -0.4 is 0 Å². The van der Waals surface area contributed by atoms with Gasteiger partial charge in [-0.2, -0.15) is 11.8 Å². The Morgan fingerprint density at radius 3 is 2.67 bits per heavy atom. The Morgan fingerprint density at radius 2 is 2.00 bits per heavy atom. The number of thioether (sulfide) groups is 1. The van der Waals surface area contributed by atoms with Gasteiger partial charge in [0.25, 0.3) is 0 Å². The molecule has 1 aliphatic heterocycles. The fourth-order valence-corrected chi connectivity index (χ4v) is 2.05. The molecule has 0 amide bonds. The van der Waals surface area contributed by atoms with Crippen LogP contribution in [-0.4, -0.2) is 11.0 Å². The third kappa shape index (κ3) is 2.56. The maximum Gasteiger partial charge on any atom is 0.0138 e. The second-order valence-corrected chi connectivity index (χ2v) is 4.67. The normalized spacial score (nSPS) is 20.8. The predicted octanol–water partition coefficient (Wildman–Crippen LogP) is 3.12. The lowest BCUT2D eigenvalue weighted by Crippen LogP contribution is -1.88. The minimum Gasteiger partial charge on any atom is -0.157 e. The van der Waals surface area contributed by atoms with Gasteiger partial charge in [-0.3, -0.25) is 0 Å². The number of hydrogen-bond acceptors (Lipinski definition) is 1. The molecule has 0 saturated carbocycles. The summed E-state index contributed by atoms with van der Waals surface area (Å²) in [4.78, 5) is 0. The molecule has 1 heterocycles. The largest absolute Gasteiger partial charge is 0.157 e. The average Bonchev–Trinajstić information content (AvgIpc) is 2.90. The highest BCUT2D eigenvalue weighted by Gasteiger charge is 2.20. The minimum atomic E-state index is 1.01. The first-order valence-electron chi connectivity index (χ1n) is 4.61. The van der Waals surface area contributed by atoms with Crippen molar-refractivity contribution >= 4 is 11.8 Å². The van der Waals surface area contributed by atoms with Gasteiger partial charge in [-0.25, -0.2) is 0 Å². The van der Waals surface area contributed by atoms with Gasteiger partial charge in [0.2, 0.25) is 0 Å². The maximum absolute atomic E-state index is 2.22. The van der Waals surface area contributed by atoms with Crippen LogP contribution in [0.2, 0.25) is 0 Å². The Bertz CT molecular complexity index is 226. The van der Waals surface area contributed by atoms with Crippen molar-refractivity contribution in [1.82, 2.24) is 0 Å². The van der Waals surface area contributed by atoms with Crippen LogP contribution in [0, 0.1) is 0 Å². The molecule has 0 bridgehead atoms. The summed E-state index contributed by atoms with van der Waals surface area (Å²) in [5.74, 6) is 1.41. The molecule has 0 radical (unpaired) electrons. The molecule has 1 atom stereocenters. The van der Waals surface area contributed by atoms with Gasteiger partial charge < -0.3 is 0 Å². The molecule has 1 aromatic rings. The van der Waals surface area contributed by atoms with Crippen molar-refractivity contribution in [2.75, 3.05) is 5.75 Å². The van der Waals surface area contributed by atoms with Crippen molar-refractivity contribution in [3.63, 3.8) is 0 Å². The highest BCUT2D eigenvalue weighted by molar-refractivity contribution is 8.06. The smallest absolute Gasteiger partial charge is 0.0138 e. The third-order valence-electron chi connectivity index (χ3n) is 2.24. The Morgan fingerprint density at radius 1 is 1.25 bits per heavy atom. The summed E-state index contributed by atoms with van der Waals surface area (Å²) in [6, 6.07) is 10.8. The molecule has 64 valence electrons. The Labute approximate surface area is 78.4 Å². The Balaban J connectivity index is 1.72. The first-order valence-corrected chi connectivity index (χ1v) is 5.65. The van der Waals surface area contributed by atoms with Gasteiger partial charge in [-0.15, -0.1) is 0 Å². The van der Waals surface area contributed by atoms with Crippen molar-refractivity contribution in [1.29, 1.82) is 0 Å². The molecule has 1 heteroatoms. The Kier molecular flexibility index (Phi) is 2.72. The van der Waals surface area contributed by atoms with Gasteiger partial charge >= 0.3 is 0 Å². The first-order chi connectivity index (χ1) is 5.95. The van der Waals surface area contributed by atoms with Crippen LogP contribution in [0.3, 0.4) is 0 Å². The van der Waals surface area contributed by atoms with E-state index in [0.29, 0.717) is 0 Å². The van der Waals surface area contributed by atoms with Gasteiger partial charge in [0.15, 0.2) is 0 Å². The summed E-state index contributed by atoms with van der Waals surface area (Å²) in [7, 11) is 0. The van der Waals surface area contributed by atoms with Gasteiger partial charge in [-0.05, 0) is 24.8 Å². The predicted molar refractivity (Wildman–Crippen MR) is 55.6 cm³/mol. The third-order valence-corrected chi connectivity index (χ3v) is 3.28.